The lowest BCUT2D eigenvalue weighted by atomic mass is 10.2. The topological polar surface area (TPSA) is 52.7 Å². The molecule has 2 fully saturated rings. The normalized spacial score (nSPS) is 29.2. The lowest BCUT2D eigenvalue weighted by Gasteiger charge is -2.21. The SMILES string of the molecule is CN1C(=O)CN(C2CCNC2)C1=O. The third-order valence-electron chi connectivity index (χ3n) is 2.69. The predicted molar refractivity (Wildman–Crippen MR) is 46.1 cm³/mol. The Morgan fingerprint density at radius 3 is 2.69 bits per heavy atom. The highest BCUT2D eigenvalue weighted by Gasteiger charge is 2.38. The molecular formula is C8H13N3O2. The summed E-state index contributed by atoms with van der Waals surface area (Å²) >= 11 is 0. The van der Waals surface area contributed by atoms with Crippen LogP contribution in [0.4, 0.5) is 4.79 Å². The van der Waals surface area contributed by atoms with E-state index >= 15 is 0 Å². The van der Waals surface area contributed by atoms with Crippen LogP contribution in [0.25, 0.3) is 0 Å². The number of rotatable bonds is 1. The molecule has 3 amide bonds. The first-order chi connectivity index (χ1) is 6.20. The van der Waals surface area contributed by atoms with E-state index in [0.29, 0.717) is 0 Å². The van der Waals surface area contributed by atoms with Gasteiger partial charge in [-0.2, -0.15) is 0 Å². The van der Waals surface area contributed by atoms with Gasteiger partial charge >= 0.3 is 6.03 Å². The maximum atomic E-state index is 11.5. The molecule has 2 rings (SSSR count). The van der Waals surface area contributed by atoms with Crippen LogP contribution in [0.1, 0.15) is 6.42 Å². The Bertz CT molecular complexity index is 248. The Labute approximate surface area is 76.7 Å². The zero-order chi connectivity index (χ0) is 9.42. The van der Waals surface area contributed by atoms with Gasteiger partial charge in [-0.15, -0.1) is 0 Å². The quantitative estimate of drug-likeness (QED) is 0.544. The zero-order valence-electron chi connectivity index (χ0n) is 7.62. The molecule has 5 nitrogen and oxygen atoms in total. The van der Waals surface area contributed by atoms with Crippen molar-refractivity contribution in [1.82, 2.24) is 15.1 Å². The highest BCUT2D eigenvalue weighted by Crippen LogP contribution is 2.15. The van der Waals surface area contributed by atoms with Crippen LogP contribution in [0.3, 0.4) is 0 Å². The molecule has 2 aliphatic rings. The zero-order valence-corrected chi connectivity index (χ0v) is 7.62. The molecule has 1 unspecified atom stereocenters. The van der Waals surface area contributed by atoms with Gasteiger partial charge in [0, 0.05) is 19.6 Å². The molecule has 2 heterocycles. The van der Waals surface area contributed by atoms with Gasteiger partial charge in [0.05, 0.1) is 0 Å². The maximum Gasteiger partial charge on any atom is 0.327 e. The third-order valence-corrected chi connectivity index (χ3v) is 2.69. The van der Waals surface area contributed by atoms with Crippen molar-refractivity contribution in [3.05, 3.63) is 0 Å². The van der Waals surface area contributed by atoms with E-state index in [0.717, 1.165) is 19.5 Å². The number of urea groups is 1. The first-order valence-corrected chi connectivity index (χ1v) is 4.48. The van der Waals surface area contributed by atoms with Gasteiger partial charge in [-0.3, -0.25) is 9.69 Å². The van der Waals surface area contributed by atoms with Crippen molar-refractivity contribution in [2.24, 2.45) is 0 Å². The number of imide groups is 1. The summed E-state index contributed by atoms with van der Waals surface area (Å²) in [6.45, 7) is 2.00. The molecule has 2 aliphatic heterocycles. The number of nitrogens with one attached hydrogen (secondary N) is 1. The molecule has 0 spiro atoms. The van der Waals surface area contributed by atoms with Crippen molar-refractivity contribution in [2.75, 3.05) is 26.7 Å². The first kappa shape index (κ1) is 8.50. The third kappa shape index (κ3) is 1.29. The van der Waals surface area contributed by atoms with Crippen molar-refractivity contribution >= 4 is 11.9 Å². The standard InChI is InChI=1S/C8H13N3O2/c1-10-7(12)5-11(8(10)13)6-2-3-9-4-6/h6,9H,2-5H2,1H3. The summed E-state index contributed by atoms with van der Waals surface area (Å²) in [6, 6.07) is 0.0556. The summed E-state index contributed by atoms with van der Waals surface area (Å²) < 4.78 is 0. The van der Waals surface area contributed by atoms with Gasteiger partial charge in [0.1, 0.15) is 6.54 Å². The fraction of sp³-hybridized carbons (Fsp3) is 0.750. The molecule has 0 aliphatic carbocycles. The number of carbonyl (C=O) groups is 2. The van der Waals surface area contributed by atoms with Crippen molar-refractivity contribution in [2.45, 2.75) is 12.5 Å². The van der Waals surface area contributed by atoms with E-state index in [2.05, 4.69) is 5.32 Å². The fourth-order valence-corrected chi connectivity index (χ4v) is 1.81. The van der Waals surface area contributed by atoms with Gasteiger partial charge in [-0.25, -0.2) is 4.79 Å². The van der Waals surface area contributed by atoms with E-state index < -0.39 is 0 Å². The van der Waals surface area contributed by atoms with Gasteiger partial charge < -0.3 is 10.2 Å². The minimum absolute atomic E-state index is 0.100. The van der Waals surface area contributed by atoms with E-state index in [1.807, 2.05) is 0 Å². The summed E-state index contributed by atoms with van der Waals surface area (Å²) in [5.74, 6) is -0.100. The molecular weight excluding hydrogens is 170 g/mol. The van der Waals surface area contributed by atoms with Crippen LogP contribution < -0.4 is 5.32 Å². The van der Waals surface area contributed by atoms with Crippen LogP contribution in [0, 0.1) is 0 Å². The number of carbonyl (C=O) groups excluding carboxylic acids is 2. The molecule has 0 aromatic carbocycles. The molecule has 1 N–H and O–H groups in total. The van der Waals surface area contributed by atoms with Crippen molar-refractivity contribution < 1.29 is 9.59 Å². The molecule has 5 heteroatoms. The van der Waals surface area contributed by atoms with E-state index in [1.54, 1.807) is 4.90 Å². The van der Waals surface area contributed by atoms with Crippen molar-refractivity contribution in [3.8, 4) is 0 Å². The summed E-state index contributed by atoms with van der Waals surface area (Å²) in [5, 5.41) is 3.18. The van der Waals surface area contributed by atoms with Gasteiger partial charge in [0.15, 0.2) is 0 Å². The molecule has 0 aromatic rings. The lowest BCUT2D eigenvalue weighted by molar-refractivity contribution is -0.124. The largest absolute Gasteiger partial charge is 0.327 e. The average molecular weight is 183 g/mol. The van der Waals surface area contributed by atoms with Crippen LogP contribution in [-0.4, -0.2) is 54.5 Å². The van der Waals surface area contributed by atoms with Gasteiger partial charge in [-0.1, -0.05) is 0 Å². The summed E-state index contributed by atoms with van der Waals surface area (Å²) in [6.07, 6.45) is 0.951. The molecule has 1 atom stereocenters. The van der Waals surface area contributed by atoms with Gasteiger partial charge in [0.25, 0.3) is 0 Å². The molecule has 2 saturated heterocycles. The molecule has 13 heavy (non-hydrogen) atoms. The van der Waals surface area contributed by atoms with Crippen LogP contribution in [0.15, 0.2) is 0 Å². The maximum absolute atomic E-state index is 11.5. The number of hydrogen-bond acceptors (Lipinski definition) is 3. The number of amides is 3. The summed E-state index contributed by atoms with van der Waals surface area (Å²) in [7, 11) is 1.53. The Kier molecular flexibility index (Phi) is 1.95. The summed E-state index contributed by atoms with van der Waals surface area (Å²) in [5.41, 5.74) is 0. The smallest absolute Gasteiger partial charge is 0.315 e. The van der Waals surface area contributed by atoms with E-state index in [4.69, 9.17) is 0 Å². The predicted octanol–water partition coefficient (Wildman–Crippen LogP) is -0.758. The molecule has 72 valence electrons. The minimum Gasteiger partial charge on any atom is -0.315 e. The summed E-state index contributed by atoms with van der Waals surface area (Å²) in [4.78, 5) is 25.5. The monoisotopic (exact) mass is 183 g/mol. The van der Waals surface area contributed by atoms with Crippen LogP contribution in [-0.2, 0) is 4.79 Å². The number of nitrogens with zero attached hydrogens (tertiary/aromatic N) is 2. The van der Waals surface area contributed by atoms with Crippen molar-refractivity contribution in [3.63, 3.8) is 0 Å². The fourth-order valence-electron chi connectivity index (χ4n) is 1.81. The molecule has 0 aromatic heterocycles. The van der Waals surface area contributed by atoms with Crippen LogP contribution in [0.2, 0.25) is 0 Å². The molecule has 0 radical (unpaired) electrons. The average Bonchev–Trinajstić information content (AvgIpc) is 2.70. The Balaban J connectivity index is 2.08. The van der Waals surface area contributed by atoms with E-state index in [1.165, 1.54) is 11.9 Å². The van der Waals surface area contributed by atoms with Gasteiger partial charge in [-0.05, 0) is 13.0 Å². The minimum atomic E-state index is -0.154. The number of hydrogen-bond donors (Lipinski definition) is 1. The molecule has 0 bridgehead atoms. The highest BCUT2D eigenvalue weighted by molar-refractivity contribution is 6.01. The second-order valence-electron chi connectivity index (χ2n) is 3.51. The van der Waals surface area contributed by atoms with Crippen LogP contribution in [0.5, 0.6) is 0 Å². The van der Waals surface area contributed by atoms with E-state index in [-0.39, 0.29) is 24.5 Å². The van der Waals surface area contributed by atoms with Crippen LogP contribution >= 0.6 is 0 Å². The molecule has 0 saturated carbocycles. The second kappa shape index (κ2) is 2.99. The Morgan fingerprint density at radius 2 is 2.23 bits per heavy atom. The number of likely N-dealkylation sites (N-methyl/N-ethyl adjacent to an activating group) is 1. The van der Waals surface area contributed by atoms with Crippen molar-refractivity contribution in [1.29, 1.82) is 0 Å². The van der Waals surface area contributed by atoms with Gasteiger partial charge in [0.2, 0.25) is 5.91 Å². The Hall–Kier alpha value is -1.10. The second-order valence-corrected chi connectivity index (χ2v) is 3.51. The first-order valence-electron chi connectivity index (χ1n) is 4.48. The van der Waals surface area contributed by atoms with E-state index in [9.17, 15) is 9.59 Å². The lowest BCUT2D eigenvalue weighted by Crippen LogP contribution is -2.39. The highest BCUT2D eigenvalue weighted by atomic mass is 16.2. The Morgan fingerprint density at radius 1 is 1.46 bits per heavy atom.